The zero-order valence-corrected chi connectivity index (χ0v) is 10.9. The largest absolute Gasteiger partial charge is 0.486 e. The van der Waals surface area contributed by atoms with Crippen molar-refractivity contribution in [3.63, 3.8) is 0 Å². The summed E-state index contributed by atoms with van der Waals surface area (Å²) in [6.45, 7) is -0.0652. The highest BCUT2D eigenvalue weighted by Crippen LogP contribution is 2.25. The van der Waals surface area contributed by atoms with Crippen molar-refractivity contribution in [1.29, 1.82) is 0 Å². The van der Waals surface area contributed by atoms with E-state index >= 15 is 0 Å². The molecule has 0 amide bonds. The molecule has 0 saturated carbocycles. The Morgan fingerprint density at radius 1 is 1.45 bits per heavy atom. The Kier molecular flexibility index (Phi) is 4.27. The van der Waals surface area contributed by atoms with E-state index in [-0.39, 0.29) is 22.9 Å². The molecule has 2 aromatic rings. The number of aromatic nitrogens is 2. The third kappa shape index (κ3) is 3.10. The van der Waals surface area contributed by atoms with Gasteiger partial charge in [0, 0.05) is 11.8 Å². The monoisotopic (exact) mass is 292 g/mol. The zero-order chi connectivity index (χ0) is 14.5. The minimum Gasteiger partial charge on any atom is -0.486 e. The van der Waals surface area contributed by atoms with E-state index in [4.69, 9.17) is 21.4 Å². The number of nitrogens with zero attached hydrogens (tertiary/aromatic N) is 2. The van der Waals surface area contributed by atoms with Gasteiger partial charge in [0.25, 0.3) is 0 Å². The van der Waals surface area contributed by atoms with Crippen molar-refractivity contribution in [2.24, 2.45) is 0 Å². The van der Waals surface area contributed by atoms with Crippen molar-refractivity contribution in [3.8, 4) is 5.75 Å². The summed E-state index contributed by atoms with van der Waals surface area (Å²) in [5.41, 5.74) is 0.631. The fourth-order valence-electron chi connectivity index (χ4n) is 1.50. The van der Waals surface area contributed by atoms with Crippen LogP contribution in [-0.4, -0.2) is 27.3 Å². The summed E-state index contributed by atoms with van der Waals surface area (Å²) in [7, 11) is 0. The van der Waals surface area contributed by atoms with E-state index in [0.29, 0.717) is 17.6 Å². The molecule has 1 aromatic heterocycles. The van der Waals surface area contributed by atoms with Crippen molar-refractivity contribution in [1.82, 2.24) is 9.97 Å². The second-order valence-electron chi connectivity index (χ2n) is 3.78. The van der Waals surface area contributed by atoms with Crippen LogP contribution in [0.15, 0.2) is 30.7 Å². The minimum absolute atomic E-state index is 0.0341. The summed E-state index contributed by atoms with van der Waals surface area (Å²) in [5.74, 6) is -0.793. The summed E-state index contributed by atoms with van der Waals surface area (Å²) in [4.78, 5) is 29.1. The topological polar surface area (TPSA) is 89.4 Å². The molecule has 7 heteroatoms. The van der Waals surface area contributed by atoms with Gasteiger partial charge < -0.3 is 9.84 Å². The Hall–Kier alpha value is -2.47. The molecule has 1 N–H and O–H groups in total. The molecule has 1 heterocycles. The van der Waals surface area contributed by atoms with Crippen molar-refractivity contribution in [2.75, 3.05) is 0 Å². The lowest BCUT2D eigenvalue weighted by Crippen LogP contribution is -2.08. The van der Waals surface area contributed by atoms with E-state index in [0.717, 1.165) is 0 Å². The number of carbonyl (C=O) groups excluding carboxylic acids is 1. The molecule has 0 saturated heterocycles. The molecule has 102 valence electrons. The predicted octanol–water partition coefficient (Wildman–Crippen LogP) is 2.22. The summed E-state index contributed by atoms with van der Waals surface area (Å²) in [6.07, 6.45) is 3.11. The first-order chi connectivity index (χ1) is 9.61. The van der Waals surface area contributed by atoms with Crippen LogP contribution in [0.1, 0.15) is 26.4 Å². The Morgan fingerprint density at radius 3 is 2.90 bits per heavy atom. The van der Waals surface area contributed by atoms with E-state index in [1.807, 2.05) is 0 Å². The van der Waals surface area contributed by atoms with E-state index in [9.17, 15) is 9.59 Å². The molecule has 0 fully saturated rings. The van der Waals surface area contributed by atoms with Crippen LogP contribution >= 0.6 is 11.6 Å². The lowest BCUT2D eigenvalue weighted by Gasteiger charge is -2.09. The van der Waals surface area contributed by atoms with Gasteiger partial charge in [-0.25, -0.2) is 14.8 Å². The van der Waals surface area contributed by atoms with Gasteiger partial charge in [0.05, 0.1) is 10.7 Å². The second kappa shape index (κ2) is 6.12. The SMILES string of the molecule is O=Cc1ccc(OCc2ncncc2C(=O)O)c(Cl)c1. The maximum Gasteiger partial charge on any atom is 0.339 e. The van der Waals surface area contributed by atoms with Crippen LogP contribution in [0, 0.1) is 0 Å². The van der Waals surface area contributed by atoms with Gasteiger partial charge in [-0.2, -0.15) is 0 Å². The molecule has 0 aliphatic carbocycles. The first-order valence-corrected chi connectivity index (χ1v) is 5.89. The molecule has 6 nitrogen and oxygen atoms in total. The number of halogens is 1. The van der Waals surface area contributed by atoms with Crippen LogP contribution in [-0.2, 0) is 6.61 Å². The van der Waals surface area contributed by atoms with Gasteiger partial charge in [0.15, 0.2) is 0 Å². The highest BCUT2D eigenvalue weighted by atomic mass is 35.5. The maximum atomic E-state index is 11.0. The molecular weight excluding hydrogens is 284 g/mol. The minimum atomic E-state index is -1.13. The molecule has 0 aliphatic heterocycles. The Balaban J connectivity index is 2.17. The molecule has 20 heavy (non-hydrogen) atoms. The average molecular weight is 293 g/mol. The molecule has 1 aromatic carbocycles. The van der Waals surface area contributed by atoms with Crippen molar-refractivity contribution < 1.29 is 19.4 Å². The van der Waals surface area contributed by atoms with Gasteiger partial charge in [0.1, 0.15) is 30.5 Å². The van der Waals surface area contributed by atoms with Crippen molar-refractivity contribution >= 4 is 23.9 Å². The fourth-order valence-corrected chi connectivity index (χ4v) is 1.75. The molecular formula is C13H9ClN2O4. The highest BCUT2D eigenvalue weighted by Gasteiger charge is 2.12. The number of hydrogen-bond donors (Lipinski definition) is 1. The smallest absolute Gasteiger partial charge is 0.339 e. The number of carboxylic acid groups (broad SMARTS) is 1. The number of carbonyl (C=O) groups is 2. The average Bonchev–Trinajstić information content (AvgIpc) is 2.46. The van der Waals surface area contributed by atoms with Crippen LogP contribution in [0.5, 0.6) is 5.75 Å². The van der Waals surface area contributed by atoms with E-state index in [2.05, 4.69) is 9.97 Å². The standard InChI is InChI=1S/C13H9ClN2O4/c14-10-3-8(5-17)1-2-12(10)20-6-11-9(13(18)19)4-15-7-16-11/h1-5,7H,6H2,(H,18,19). The van der Waals surface area contributed by atoms with Crippen LogP contribution in [0.25, 0.3) is 0 Å². The molecule has 0 spiro atoms. The Labute approximate surface area is 119 Å². The van der Waals surface area contributed by atoms with E-state index < -0.39 is 5.97 Å². The van der Waals surface area contributed by atoms with E-state index in [1.165, 1.54) is 24.7 Å². The predicted molar refractivity (Wildman–Crippen MR) is 70.2 cm³/mol. The van der Waals surface area contributed by atoms with Gasteiger partial charge in [0.2, 0.25) is 0 Å². The first-order valence-electron chi connectivity index (χ1n) is 5.51. The van der Waals surface area contributed by atoms with Crippen LogP contribution in [0.4, 0.5) is 0 Å². The summed E-state index contributed by atoms with van der Waals surface area (Å²) < 4.78 is 5.41. The van der Waals surface area contributed by atoms with Gasteiger partial charge in [-0.1, -0.05) is 11.6 Å². The number of hydrogen-bond acceptors (Lipinski definition) is 5. The molecule has 0 atom stereocenters. The summed E-state index contributed by atoms with van der Waals surface area (Å²) in [5, 5.41) is 9.25. The lowest BCUT2D eigenvalue weighted by atomic mass is 10.2. The van der Waals surface area contributed by atoms with E-state index in [1.54, 1.807) is 6.07 Å². The van der Waals surface area contributed by atoms with Crippen molar-refractivity contribution in [3.05, 3.63) is 52.6 Å². The lowest BCUT2D eigenvalue weighted by molar-refractivity contribution is 0.0692. The second-order valence-corrected chi connectivity index (χ2v) is 4.19. The van der Waals surface area contributed by atoms with Gasteiger partial charge in [-0.05, 0) is 18.2 Å². The number of ether oxygens (including phenoxy) is 1. The summed E-state index contributed by atoms with van der Waals surface area (Å²) in [6, 6.07) is 4.54. The third-order valence-electron chi connectivity index (χ3n) is 2.48. The Bertz CT molecular complexity index is 661. The Morgan fingerprint density at radius 2 is 2.25 bits per heavy atom. The van der Waals surface area contributed by atoms with Gasteiger partial charge in [-0.15, -0.1) is 0 Å². The molecule has 2 rings (SSSR count). The van der Waals surface area contributed by atoms with Gasteiger partial charge >= 0.3 is 5.97 Å². The number of benzene rings is 1. The molecule has 0 radical (unpaired) electrons. The zero-order valence-electron chi connectivity index (χ0n) is 10.1. The van der Waals surface area contributed by atoms with Crippen LogP contribution in [0.2, 0.25) is 5.02 Å². The summed E-state index contributed by atoms with van der Waals surface area (Å²) >= 11 is 5.94. The van der Waals surface area contributed by atoms with Crippen LogP contribution in [0.3, 0.4) is 0 Å². The number of aldehydes is 1. The number of rotatable bonds is 5. The number of carboxylic acids is 1. The molecule has 0 bridgehead atoms. The van der Waals surface area contributed by atoms with Gasteiger partial charge in [-0.3, -0.25) is 4.79 Å². The fraction of sp³-hybridized carbons (Fsp3) is 0.0769. The highest BCUT2D eigenvalue weighted by molar-refractivity contribution is 6.32. The third-order valence-corrected chi connectivity index (χ3v) is 2.78. The normalized spacial score (nSPS) is 10.1. The molecule has 0 unspecified atom stereocenters. The van der Waals surface area contributed by atoms with Crippen LogP contribution < -0.4 is 4.74 Å². The quantitative estimate of drug-likeness (QED) is 0.850. The first kappa shape index (κ1) is 14.0. The van der Waals surface area contributed by atoms with Crippen molar-refractivity contribution in [2.45, 2.75) is 6.61 Å². The number of aromatic carboxylic acids is 1. The molecule has 0 aliphatic rings. The maximum absolute atomic E-state index is 11.0.